The van der Waals surface area contributed by atoms with Crippen LogP contribution in [0.2, 0.25) is 0 Å². The molecule has 0 aliphatic carbocycles. The first-order valence-corrected chi connectivity index (χ1v) is 8.91. The summed E-state index contributed by atoms with van der Waals surface area (Å²) in [5.74, 6) is 1.33. The number of aromatic hydroxyl groups is 1. The van der Waals surface area contributed by atoms with Gasteiger partial charge in [0.2, 0.25) is 0 Å². The van der Waals surface area contributed by atoms with Crippen molar-refractivity contribution in [3.05, 3.63) is 59.7 Å². The largest absolute Gasteiger partial charge is 0.508 e. The number of rotatable bonds is 7. The molecule has 1 fully saturated rings. The van der Waals surface area contributed by atoms with E-state index < -0.39 is 0 Å². The molecule has 2 aromatic rings. The molecule has 0 bridgehead atoms. The first kappa shape index (κ1) is 19.6. The van der Waals surface area contributed by atoms with Crippen LogP contribution in [0.5, 0.6) is 11.5 Å². The summed E-state index contributed by atoms with van der Waals surface area (Å²) >= 11 is 0. The topological polar surface area (TPSA) is 32.7 Å². The lowest BCUT2D eigenvalue weighted by Gasteiger charge is -2.20. The number of phenolic OH excluding ortho intramolecular Hbond substituents is 1. The summed E-state index contributed by atoms with van der Waals surface area (Å²) in [6.07, 6.45) is 5.60. The van der Waals surface area contributed by atoms with Crippen LogP contribution in [0.3, 0.4) is 0 Å². The molecule has 0 aromatic heterocycles. The van der Waals surface area contributed by atoms with Gasteiger partial charge in [0.1, 0.15) is 11.5 Å². The van der Waals surface area contributed by atoms with Crippen LogP contribution in [0.15, 0.2) is 48.5 Å². The lowest BCUT2D eigenvalue weighted by molar-refractivity contribution is 0.232. The van der Waals surface area contributed by atoms with Crippen molar-refractivity contribution in [3.8, 4) is 11.5 Å². The molecular formula is C21H28ClNO2. The van der Waals surface area contributed by atoms with Gasteiger partial charge in [-0.15, -0.1) is 12.4 Å². The van der Waals surface area contributed by atoms with Crippen molar-refractivity contribution in [2.45, 2.75) is 38.1 Å². The van der Waals surface area contributed by atoms with Crippen molar-refractivity contribution >= 4 is 12.4 Å². The Morgan fingerprint density at radius 2 is 1.84 bits per heavy atom. The third kappa shape index (κ3) is 5.65. The summed E-state index contributed by atoms with van der Waals surface area (Å²) in [4.78, 5) is 2.44. The second-order valence-corrected chi connectivity index (χ2v) is 6.69. The van der Waals surface area contributed by atoms with Gasteiger partial charge in [-0.05, 0) is 75.0 Å². The maximum absolute atomic E-state index is 9.37. The van der Waals surface area contributed by atoms with E-state index in [1.807, 2.05) is 18.2 Å². The summed E-state index contributed by atoms with van der Waals surface area (Å²) in [5, 5.41) is 9.37. The Balaban J connectivity index is 0.00000225. The highest BCUT2D eigenvalue weighted by Crippen LogP contribution is 2.23. The van der Waals surface area contributed by atoms with Crippen LogP contribution in [0.1, 0.15) is 30.4 Å². The Kier molecular flexibility index (Phi) is 7.60. The molecule has 0 amide bonds. The fraction of sp³-hybridized carbons (Fsp3) is 0.429. The van der Waals surface area contributed by atoms with Gasteiger partial charge in [0.05, 0.1) is 6.61 Å². The van der Waals surface area contributed by atoms with E-state index in [1.165, 1.54) is 30.5 Å². The zero-order valence-electron chi connectivity index (χ0n) is 14.9. The second kappa shape index (κ2) is 9.69. The van der Waals surface area contributed by atoms with E-state index in [9.17, 15) is 5.11 Å². The van der Waals surface area contributed by atoms with Crippen molar-refractivity contribution < 1.29 is 9.84 Å². The zero-order chi connectivity index (χ0) is 16.8. The molecule has 1 aliphatic rings. The molecule has 25 heavy (non-hydrogen) atoms. The molecule has 1 unspecified atom stereocenters. The molecule has 136 valence electrons. The third-order valence-electron chi connectivity index (χ3n) is 4.97. The number of hydrogen-bond acceptors (Lipinski definition) is 3. The fourth-order valence-corrected chi connectivity index (χ4v) is 3.44. The average Bonchev–Trinajstić information content (AvgIpc) is 3.00. The molecule has 1 aliphatic heterocycles. The molecule has 1 heterocycles. The first-order valence-electron chi connectivity index (χ1n) is 8.91. The molecule has 1 atom stereocenters. The molecule has 2 aromatic carbocycles. The van der Waals surface area contributed by atoms with E-state index in [0.717, 1.165) is 31.6 Å². The average molecular weight is 362 g/mol. The van der Waals surface area contributed by atoms with Gasteiger partial charge < -0.3 is 14.7 Å². The maximum Gasteiger partial charge on any atom is 0.122 e. The molecule has 1 saturated heterocycles. The predicted molar refractivity (Wildman–Crippen MR) is 105 cm³/mol. The van der Waals surface area contributed by atoms with E-state index >= 15 is 0 Å². The maximum atomic E-state index is 9.37. The van der Waals surface area contributed by atoms with Gasteiger partial charge in [-0.3, -0.25) is 0 Å². The summed E-state index contributed by atoms with van der Waals surface area (Å²) in [7, 11) is 2.21. The quantitative estimate of drug-likeness (QED) is 0.790. The van der Waals surface area contributed by atoms with Crippen LogP contribution in [-0.4, -0.2) is 36.2 Å². The van der Waals surface area contributed by atoms with Gasteiger partial charge >= 0.3 is 0 Å². The van der Waals surface area contributed by atoms with E-state index in [2.05, 4.69) is 30.1 Å². The van der Waals surface area contributed by atoms with Crippen LogP contribution in [0, 0.1) is 0 Å². The van der Waals surface area contributed by atoms with Crippen molar-refractivity contribution in [2.75, 3.05) is 20.2 Å². The number of aryl methyl sites for hydroxylation is 2. The van der Waals surface area contributed by atoms with Crippen molar-refractivity contribution in [1.82, 2.24) is 4.90 Å². The third-order valence-corrected chi connectivity index (χ3v) is 4.97. The Labute approximate surface area is 157 Å². The van der Waals surface area contributed by atoms with Crippen molar-refractivity contribution in [2.24, 2.45) is 0 Å². The number of likely N-dealkylation sites (tertiary alicyclic amines) is 1. The molecule has 1 N–H and O–H groups in total. The Morgan fingerprint density at radius 1 is 1.08 bits per heavy atom. The number of nitrogens with zero attached hydrogens (tertiary/aromatic N) is 1. The lowest BCUT2D eigenvalue weighted by Crippen LogP contribution is -2.26. The van der Waals surface area contributed by atoms with E-state index in [4.69, 9.17) is 4.74 Å². The van der Waals surface area contributed by atoms with Crippen LogP contribution in [0.25, 0.3) is 0 Å². The van der Waals surface area contributed by atoms with Gasteiger partial charge in [-0.1, -0.05) is 30.3 Å². The predicted octanol–water partition coefficient (Wildman–Crippen LogP) is 4.46. The van der Waals surface area contributed by atoms with E-state index in [0.29, 0.717) is 11.8 Å². The highest BCUT2D eigenvalue weighted by atomic mass is 35.5. The molecule has 3 rings (SSSR count). The van der Waals surface area contributed by atoms with Crippen molar-refractivity contribution in [3.63, 3.8) is 0 Å². The number of ether oxygens (including phenoxy) is 1. The second-order valence-electron chi connectivity index (χ2n) is 6.69. The lowest BCUT2D eigenvalue weighted by atomic mass is 10.0. The number of para-hydroxylation sites is 1. The summed E-state index contributed by atoms with van der Waals surface area (Å²) < 4.78 is 6.09. The van der Waals surface area contributed by atoms with E-state index in [-0.39, 0.29) is 12.4 Å². The van der Waals surface area contributed by atoms with Gasteiger partial charge in [0.15, 0.2) is 0 Å². The summed E-state index contributed by atoms with van der Waals surface area (Å²) in [5.41, 5.74) is 2.49. The first-order chi connectivity index (χ1) is 11.7. The van der Waals surface area contributed by atoms with E-state index in [1.54, 1.807) is 12.1 Å². The normalized spacial score (nSPS) is 17.2. The van der Waals surface area contributed by atoms with Crippen LogP contribution in [-0.2, 0) is 12.8 Å². The fourth-order valence-electron chi connectivity index (χ4n) is 3.44. The summed E-state index contributed by atoms with van der Waals surface area (Å²) in [6, 6.07) is 16.5. The van der Waals surface area contributed by atoms with Gasteiger partial charge in [0, 0.05) is 6.04 Å². The van der Waals surface area contributed by atoms with Crippen LogP contribution < -0.4 is 4.74 Å². The Morgan fingerprint density at radius 3 is 2.56 bits per heavy atom. The van der Waals surface area contributed by atoms with Gasteiger partial charge in [-0.2, -0.15) is 0 Å². The molecule has 3 nitrogen and oxygen atoms in total. The van der Waals surface area contributed by atoms with Gasteiger partial charge in [0.25, 0.3) is 0 Å². The standard InChI is InChI=1S/C21H27NO2.ClH/c1-22-15-4-6-19(22)14-16-24-21-7-3-2-5-18(21)11-8-17-9-12-20(23)13-10-17;/h2-3,5,7,9-10,12-13,19,23H,4,6,8,11,14-16H2,1H3;1H. The Hall–Kier alpha value is -1.71. The highest BCUT2D eigenvalue weighted by Gasteiger charge is 2.20. The summed E-state index contributed by atoms with van der Waals surface area (Å²) in [6.45, 7) is 2.00. The highest BCUT2D eigenvalue weighted by molar-refractivity contribution is 5.85. The van der Waals surface area contributed by atoms with Gasteiger partial charge in [-0.25, -0.2) is 0 Å². The number of halogens is 1. The number of hydrogen-bond donors (Lipinski definition) is 1. The Bertz CT molecular complexity index is 645. The van der Waals surface area contributed by atoms with Crippen LogP contribution >= 0.6 is 12.4 Å². The zero-order valence-corrected chi connectivity index (χ0v) is 15.7. The molecule has 0 saturated carbocycles. The molecule has 4 heteroatoms. The SMILES string of the molecule is CN1CCCC1CCOc1ccccc1CCc1ccc(O)cc1.Cl. The minimum absolute atomic E-state index is 0. The minimum Gasteiger partial charge on any atom is -0.508 e. The smallest absolute Gasteiger partial charge is 0.122 e. The number of benzene rings is 2. The molecular weight excluding hydrogens is 334 g/mol. The number of phenols is 1. The molecule has 0 radical (unpaired) electrons. The van der Waals surface area contributed by atoms with Crippen molar-refractivity contribution in [1.29, 1.82) is 0 Å². The van der Waals surface area contributed by atoms with Crippen LogP contribution in [0.4, 0.5) is 0 Å². The monoisotopic (exact) mass is 361 g/mol. The molecule has 0 spiro atoms. The minimum atomic E-state index is 0.